The molecule has 4 nitrogen and oxygen atoms in total. The Hall–Kier alpha value is -1.33. The van der Waals surface area contributed by atoms with Gasteiger partial charge in [0.15, 0.2) is 0 Å². The van der Waals surface area contributed by atoms with Crippen LogP contribution in [0.25, 0.3) is 0 Å². The maximum atomic E-state index is 13.9. The van der Waals surface area contributed by atoms with E-state index in [4.69, 9.17) is 11.6 Å². The number of aliphatic hydroxyl groups excluding tert-OH is 1. The van der Waals surface area contributed by atoms with Crippen molar-refractivity contribution < 1.29 is 14.3 Å². The first-order valence-electron chi connectivity index (χ1n) is 9.68. The van der Waals surface area contributed by atoms with Gasteiger partial charge in [-0.1, -0.05) is 17.7 Å². The maximum Gasteiger partial charge on any atom is 0.230 e. The Balaban J connectivity index is 1.52. The first kappa shape index (κ1) is 18.1. The molecule has 3 aliphatic rings. The van der Waals surface area contributed by atoms with Crippen molar-refractivity contribution in [3.63, 3.8) is 0 Å². The first-order valence-corrected chi connectivity index (χ1v) is 10.1. The summed E-state index contributed by atoms with van der Waals surface area (Å²) in [6.45, 7) is 2.21. The van der Waals surface area contributed by atoms with E-state index >= 15 is 0 Å². The quantitative estimate of drug-likeness (QED) is 0.852. The van der Waals surface area contributed by atoms with Gasteiger partial charge in [0.1, 0.15) is 5.82 Å². The molecule has 26 heavy (non-hydrogen) atoms. The lowest BCUT2D eigenvalue weighted by molar-refractivity contribution is -0.139. The van der Waals surface area contributed by atoms with Crippen LogP contribution < -0.4 is 4.90 Å². The highest BCUT2D eigenvalue weighted by Crippen LogP contribution is 2.44. The summed E-state index contributed by atoms with van der Waals surface area (Å²) in [6.07, 6.45) is 5.80. The number of piperidine rings is 1. The molecule has 1 aromatic carbocycles. The third kappa shape index (κ3) is 3.09. The molecule has 1 atom stereocenters. The molecule has 1 aromatic rings. The number of aliphatic hydroxyl groups is 1. The van der Waals surface area contributed by atoms with Gasteiger partial charge in [0.25, 0.3) is 0 Å². The molecule has 2 aliphatic heterocycles. The minimum atomic E-state index is -0.413. The fraction of sp³-hybridized carbons (Fsp3) is 0.650. The summed E-state index contributed by atoms with van der Waals surface area (Å²) in [6, 6.07) is 5.14. The molecule has 142 valence electrons. The summed E-state index contributed by atoms with van der Waals surface area (Å²) in [7, 11) is 0. The van der Waals surface area contributed by atoms with Crippen molar-refractivity contribution >= 4 is 23.2 Å². The van der Waals surface area contributed by atoms with Crippen LogP contribution in [-0.4, -0.2) is 47.7 Å². The van der Waals surface area contributed by atoms with E-state index in [2.05, 4.69) is 9.80 Å². The number of hydrogen-bond acceptors (Lipinski definition) is 3. The number of likely N-dealkylation sites (tertiary alicyclic amines) is 1. The van der Waals surface area contributed by atoms with E-state index in [9.17, 15) is 14.3 Å². The highest BCUT2D eigenvalue weighted by atomic mass is 35.5. The van der Waals surface area contributed by atoms with Crippen molar-refractivity contribution in [3.05, 3.63) is 29.0 Å². The predicted molar refractivity (Wildman–Crippen MR) is 99.9 cm³/mol. The van der Waals surface area contributed by atoms with Gasteiger partial charge < -0.3 is 14.9 Å². The number of carbonyl (C=O) groups is 1. The van der Waals surface area contributed by atoms with Gasteiger partial charge in [0, 0.05) is 25.7 Å². The van der Waals surface area contributed by atoms with E-state index in [1.807, 2.05) is 6.07 Å². The molecule has 6 heteroatoms. The van der Waals surface area contributed by atoms with Crippen molar-refractivity contribution in [2.24, 2.45) is 5.41 Å². The van der Waals surface area contributed by atoms with E-state index in [0.29, 0.717) is 12.2 Å². The minimum Gasteiger partial charge on any atom is -0.393 e. The van der Waals surface area contributed by atoms with E-state index in [1.54, 1.807) is 6.07 Å². The average molecular weight is 381 g/mol. The Morgan fingerprint density at radius 1 is 1.15 bits per heavy atom. The molecular weight excluding hydrogens is 355 g/mol. The second-order valence-corrected chi connectivity index (χ2v) is 8.47. The molecule has 0 radical (unpaired) electrons. The summed E-state index contributed by atoms with van der Waals surface area (Å²) < 4.78 is 13.9. The molecule has 2 heterocycles. The van der Waals surface area contributed by atoms with Gasteiger partial charge in [-0.25, -0.2) is 4.39 Å². The molecular formula is C20H26ClFN2O2. The van der Waals surface area contributed by atoms with Crippen molar-refractivity contribution in [1.82, 2.24) is 4.90 Å². The molecule has 1 amide bonds. The molecule has 4 rings (SSSR count). The number of rotatable bonds is 2. The zero-order valence-corrected chi connectivity index (χ0v) is 15.7. The molecule has 0 aromatic heterocycles. The summed E-state index contributed by atoms with van der Waals surface area (Å²) >= 11 is 6.19. The maximum absolute atomic E-state index is 13.9. The molecule has 1 N–H and O–H groups in total. The van der Waals surface area contributed by atoms with Crippen LogP contribution in [-0.2, 0) is 4.79 Å². The van der Waals surface area contributed by atoms with Gasteiger partial charge in [-0.05, 0) is 57.1 Å². The zero-order valence-electron chi connectivity index (χ0n) is 15.0. The Kier molecular flexibility index (Phi) is 4.86. The van der Waals surface area contributed by atoms with Crippen molar-refractivity contribution in [2.75, 3.05) is 24.5 Å². The summed E-state index contributed by atoms with van der Waals surface area (Å²) in [5.74, 6) is -0.167. The number of nitrogens with zero attached hydrogens (tertiary/aromatic N) is 2. The fourth-order valence-corrected chi connectivity index (χ4v) is 5.26. The third-order valence-corrected chi connectivity index (χ3v) is 6.88. The standard InChI is InChI=1S/C20H26ClFN2O2/c21-18-16(22)3-1-4-17(18)23-11-2-9-20(13-23)10-12-24(19(20)26)14-5-7-15(25)8-6-14/h1,3-4,14-15,25H,2,5-13H2/t14-,15+,20-/m0/s1. The Morgan fingerprint density at radius 3 is 2.69 bits per heavy atom. The SMILES string of the molecule is O=C1N([C@H]2CC[C@@H](O)CC2)CC[C@]12CCCN(c1cccc(F)c1Cl)C2. The van der Waals surface area contributed by atoms with Crippen LogP contribution in [0.3, 0.4) is 0 Å². The molecule has 1 spiro atoms. The molecule has 0 unspecified atom stereocenters. The zero-order chi connectivity index (χ0) is 18.3. The fourth-order valence-electron chi connectivity index (χ4n) is 5.02. The molecule has 1 saturated carbocycles. The van der Waals surface area contributed by atoms with Crippen LogP contribution in [0, 0.1) is 11.2 Å². The molecule has 1 aliphatic carbocycles. The van der Waals surface area contributed by atoms with Gasteiger partial charge in [-0.3, -0.25) is 4.79 Å². The Bertz CT molecular complexity index is 692. The predicted octanol–water partition coefficient (Wildman–Crippen LogP) is 3.60. The van der Waals surface area contributed by atoms with E-state index < -0.39 is 5.82 Å². The van der Waals surface area contributed by atoms with Gasteiger partial charge in [-0.2, -0.15) is 0 Å². The van der Waals surface area contributed by atoms with Gasteiger partial charge >= 0.3 is 0 Å². The molecule has 3 fully saturated rings. The highest BCUT2D eigenvalue weighted by Gasteiger charge is 2.50. The lowest BCUT2D eigenvalue weighted by Gasteiger charge is -2.41. The van der Waals surface area contributed by atoms with Crippen LogP contribution in [0.4, 0.5) is 10.1 Å². The second kappa shape index (κ2) is 7.01. The third-order valence-electron chi connectivity index (χ3n) is 6.50. The number of anilines is 1. The van der Waals surface area contributed by atoms with Crippen molar-refractivity contribution in [1.29, 1.82) is 0 Å². The van der Waals surface area contributed by atoms with Crippen LogP contribution in [0.5, 0.6) is 0 Å². The summed E-state index contributed by atoms with van der Waals surface area (Å²) in [5.41, 5.74) is 0.321. The number of halogens is 2. The minimum absolute atomic E-state index is 0.146. The average Bonchev–Trinajstić information content (AvgIpc) is 2.94. The van der Waals surface area contributed by atoms with Gasteiger partial charge in [0.2, 0.25) is 5.91 Å². The molecule has 2 saturated heterocycles. The number of hydrogen-bond donors (Lipinski definition) is 1. The largest absolute Gasteiger partial charge is 0.393 e. The lowest BCUT2D eigenvalue weighted by Crippen LogP contribution is -2.50. The van der Waals surface area contributed by atoms with Crippen LogP contribution >= 0.6 is 11.6 Å². The second-order valence-electron chi connectivity index (χ2n) is 8.09. The monoisotopic (exact) mass is 380 g/mol. The topological polar surface area (TPSA) is 43.8 Å². The Labute approximate surface area is 158 Å². The van der Waals surface area contributed by atoms with E-state index in [0.717, 1.165) is 58.0 Å². The van der Waals surface area contributed by atoms with Gasteiger partial charge in [0.05, 0.1) is 22.2 Å². The van der Waals surface area contributed by atoms with E-state index in [-0.39, 0.29) is 28.5 Å². The van der Waals surface area contributed by atoms with Crippen molar-refractivity contribution in [2.45, 2.75) is 57.1 Å². The first-order chi connectivity index (χ1) is 12.5. The summed E-state index contributed by atoms with van der Waals surface area (Å²) in [4.78, 5) is 17.5. The van der Waals surface area contributed by atoms with Gasteiger partial charge in [-0.15, -0.1) is 0 Å². The smallest absolute Gasteiger partial charge is 0.230 e. The molecule has 0 bridgehead atoms. The number of amides is 1. The summed E-state index contributed by atoms with van der Waals surface area (Å²) in [5, 5.41) is 9.88. The van der Waals surface area contributed by atoms with Crippen molar-refractivity contribution in [3.8, 4) is 0 Å². The van der Waals surface area contributed by atoms with Crippen LogP contribution in [0.1, 0.15) is 44.9 Å². The lowest BCUT2D eigenvalue weighted by atomic mass is 9.78. The Morgan fingerprint density at radius 2 is 1.92 bits per heavy atom. The highest BCUT2D eigenvalue weighted by molar-refractivity contribution is 6.33. The van der Waals surface area contributed by atoms with E-state index in [1.165, 1.54) is 6.07 Å². The van der Waals surface area contributed by atoms with Crippen LogP contribution in [0.15, 0.2) is 18.2 Å². The normalized spacial score (nSPS) is 32.5. The van der Waals surface area contributed by atoms with Crippen LogP contribution in [0.2, 0.25) is 5.02 Å². The number of carbonyl (C=O) groups excluding carboxylic acids is 1. The number of benzene rings is 1.